The van der Waals surface area contributed by atoms with Crippen LogP contribution in [0.2, 0.25) is 0 Å². The highest BCUT2D eigenvalue weighted by atomic mass is 16.3. The van der Waals surface area contributed by atoms with Crippen LogP contribution >= 0.6 is 0 Å². The van der Waals surface area contributed by atoms with Gasteiger partial charge in [-0.2, -0.15) is 0 Å². The van der Waals surface area contributed by atoms with Gasteiger partial charge in [0.1, 0.15) is 5.75 Å². The van der Waals surface area contributed by atoms with Gasteiger partial charge in [0, 0.05) is 13.1 Å². The lowest BCUT2D eigenvalue weighted by Crippen LogP contribution is -2.13. The molecule has 0 aliphatic heterocycles. The van der Waals surface area contributed by atoms with Gasteiger partial charge in [-0.25, -0.2) is 0 Å². The second-order valence-electron chi connectivity index (χ2n) is 4.20. The van der Waals surface area contributed by atoms with Gasteiger partial charge in [0.15, 0.2) is 0 Å². The number of nitrogens with one attached hydrogen (secondary N) is 1. The quantitative estimate of drug-likeness (QED) is 0.841. The maximum absolute atomic E-state index is 9.35. The maximum atomic E-state index is 9.35. The lowest BCUT2D eigenvalue weighted by atomic mass is 10.1. The molecule has 0 saturated carbocycles. The van der Waals surface area contributed by atoms with Crippen molar-refractivity contribution in [2.45, 2.75) is 20.0 Å². The minimum absolute atomic E-state index is 0.320. The molecule has 2 aromatic carbocycles. The van der Waals surface area contributed by atoms with Gasteiger partial charge < -0.3 is 10.4 Å². The van der Waals surface area contributed by atoms with E-state index in [9.17, 15) is 5.11 Å². The summed E-state index contributed by atoms with van der Waals surface area (Å²) in [7, 11) is 0. The molecule has 88 valence electrons. The third-order valence-electron chi connectivity index (χ3n) is 2.82. The Hall–Kier alpha value is -1.80. The molecule has 0 aliphatic rings. The van der Waals surface area contributed by atoms with Crippen molar-refractivity contribution in [3.63, 3.8) is 0 Å². The monoisotopic (exact) mass is 227 g/mol. The Labute approximate surface area is 102 Å². The second kappa shape index (κ2) is 5.51. The van der Waals surface area contributed by atoms with Gasteiger partial charge in [-0.15, -0.1) is 0 Å². The van der Waals surface area contributed by atoms with Gasteiger partial charge in [0.2, 0.25) is 0 Å². The Kier molecular flexibility index (Phi) is 3.78. The Morgan fingerprint density at radius 3 is 2.59 bits per heavy atom. The Morgan fingerprint density at radius 1 is 1.00 bits per heavy atom. The Morgan fingerprint density at radius 2 is 1.82 bits per heavy atom. The van der Waals surface area contributed by atoms with Crippen LogP contribution in [0.5, 0.6) is 5.75 Å². The molecule has 2 heteroatoms. The number of rotatable bonds is 4. The topological polar surface area (TPSA) is 32.3 Å². The van der Waals surface area contributed by atoms with Crippen molar-refractivity contribution in [3.8, 4) is 5.75 Å². The van der Waals surface area contributed by atoms with Gasteiger partial charge >= 0.3 is 0 Å². The molecule has 0 atom stereocenters. The molecule has 0 bridgehead atoms. The largest absolute Gasteiger partial charge is 0.508 e. The molecule has 17 heavy (non-hydrogen) atoms. The summed E-state index contributed by atoms with van der Waals surface area (Å²) in [6.45, 7) is 3.73. The van der Waals surface area contributed by atoms with Crippen LogP contribution in [-0.2, 0) is 13.1 Å². The summed E-state index contributed by atoms with van der Waals surface area (Å²) in [6, 6.07) is 15.7. The van der Waals surface area contributed by atoms with E-state index in [-0.39, 0.29) is 0 Å². The number of hydrogen-bond acceptors (Lipinski definition) is 2. The minimum Gasteiger partial charge on any atom is -0.508 e. The average Bonchev–Trinajstić information content (AvgIpc) is 2.32. The molecule has 0 aliphatic carbocycles. The van der Waals surface area contributed by atoms with E-state index in [0.717, 1.165) is 18.7 Å². The van der Waals surface area contributed by atoms with E-state index in [1.54, 1.807) is 12.1 Å². The summed E-state index contributed by atoms with van der Waals surface area (Å²) in [5.41, 5.74) is 3.71. The van der Waals surface area contributed by atoms with Crippen molar-refractivity contribution in [1.82, 2.24) is 5.32 Å². The zero-order valence-corrected chi connectivity index (χ0v) is 9.98. The predicted molar refractivity (Wildman–Crippen MR) is 69.8 cm³/mol. The van der Waals surface area contributed by atoms with Crippen LogP contribution in [0.15, 0.2) is 48.5 Å². The fourth-order valence-electron chi connectivity index (χ4n) is 1.82. The number of benzene rings is 2. The predicted octanol–water partition coefficient (Wildman–Crippen LogP) is 2.99. The molecule has 2 N–H and O–H groups in total. The van der Waals surface area contributed by atoms with E-state index < -0.39 is 0 Å². The van der Waals surface area contributed by atoms with Crippen LogP contribution in [-0.4, -0.2) is 5.11 Å². The van der Waals surface area contributed by atoms with E-state index >= 15 is 0 Å². The van der Waals surface area contributed by atoms with Crippen molar-refractivity contribution >= 4 is 0 Å². The zero-order valence-electron chi connectivity index (χ0n) is 9.98. The number of phenols is 1. The van der Waals surface area contributed by atoms with Crippen molar-refractivity contribution < 1.29 is 5.11 Å². The third-order valence-corrected chi connectivity index (χ3v) is 2.82. The second-order valence-corrected chi connectivity index (χ2v) is 4.20. The minimum atomic E-state index is 0.320. The molecule has 0 spiro atoms. The van der Waals surface area contributed by atoms with Gasteiger partial charge in [-0.3, -0.25) is 0 Å². The van der Waals surface area contributed by atoms with Crippen LogP contribution in [0.1, 0.15) is 16.7 Å². The molecular weight excluding hydrogens is 210 g/mol. The maximum Gasteiger partial charge on any atom is 0.115 e. The van der Waals surface area contributed by atoms with Crippen molar-refractivity contribution in [1.29, 1.82) is 0 Å². The lowest BCUT2D eigenvalue weighted by Gasteiger charge is -2.07. The Balaban J connectivity index is 1.90. The van der Waals surface area contributed by atoms with Crippen molar-refractivity contribution in [2.75, 3.05) is 0 Å². The molecule has 0 heterocycles. The van der Waals surface area contributed by atoms with E-state index in [0.29, 0.717) is 5.75 Å². The zero-order chi connectivity index (χ0) is 12.1. The van der Waals surface area contributed by atoms with Crippen LogP contribution in [0.3, 0.4) is 0 Å². The van der Waals surface area contributed by atoms with E-state index in [1.807, 2.05) is 18.2 Å². The first-order valence-corrected chi connectivity index (χ1v) is 5.79. The average molecular weight is 227 g/mol. The molecule has 2 rings (SSSR count). The fourth-order valence-corrected chi connectivity index (χ4v) is 1.82. The van der Waals surface area contributed by atoms with Crippen LogP contribution in [0, 0.1) is 6.92 Å². The van der Waals surface area contributed by atoms with Gasteiger partial charge in [-0.05, 0) is 35.7 Å². The normalized spacial score (nSPS) is 10.4. The molecule has 0 saturated heterocycles. The smallest absolute Gasteiger partial charge is 0.115 e. The summed E-state index contributed by atoms with van der Waals surface area (Å²) < 4.78 is 0. The first-order chi connectivity index (χ1) is 8.25. The SMILES string of the molecule is Cc1ccccc1CNCc1cccc(O)c1. The summed E-state index contributed by atoms with van der Waals surface area (Å²) >= 11 is 0. The summed E-state index contributed by atoms with van der Waals surface area (Å²) in [5, 5.41) is 12.7. The third kappa shape index (κ3) is 3.33. The molecule has 2 aromatic rings. The van der Waals surface area contributed by atoms with Gasteiger partial charge in [-0.1, -0.05) is 36.4 Å². The first-order valence-electron chi connectivity index (χ1n) is 5.79. The van der Waals surface area contributed by atoms with Crippen molar-refractivity contribution in [2.24, 2.45) is 0 Å². The molecule has 0 amide bonds. The van der Waals surface area contributed by atoms with E-state index in [1.165, 1.54) is 11.1 Å². The van der Waals surface area contributed by atoms with Crippen LogP contribution in [0.25, 0.3) is 0 Å². The molecule has 0 radical (unpaired) electrons. The van der Waals surface area contributed by atoms with Crippen LogP contribution in [0.4, 0.5) is 0 Å². The highest BCUT2D eigenvalue weighted by molar-refractivity contribution is 5.28. The fraction of sp³-hybridized carbons (Fsp3) is 0.200. The van der Waals surface area contributed by atoms with Gasteiger partial charge in [0.25, 0.3) is 0 Å². The molecular formula is C15H17NO. The summed E-state index contributed by atoms with van der Waals surface area (Å²) in [4.78, 5) is 0. The highest BCUT2D eigenvalue weighted by Gasteiger charge is 1.97. The Bertz CT molecular complexity index is 494. The number of aromatic hydroxyl groups is 1. The van der Waals surface area contributed by atoms with Crippen molar-refractivity contribution in [3.05, 3.63) is 65.2 Å². The standard InChI is InChI=1S/C15H17NO/c1-12-5-2-3-7-14(12)11-16-10-13-6-4-8-15(17)9-13/h2-9,16-17H,10-11H2,1H3. The van der Waals surface area contributed by atoms with E-state index in [4.69, 9.17) is 0 Å². The number of hydrogen-bond donors (Lipinski definition) is 2. The molecule has 0 unspecified atom stereocenters. The van der Waals surface area contributed by atoms with Gasteiger partial charge in [0.05, 0.1) is 0 Å². The number of aryl methyl sites for hydroxylation is 1. The molecule has 0 fully saturated rings. The van der Waals surface area contributed by atoms with E-state index in [2.05, 4.69) is 30.4 Å². The molecule has 0 aromatic heterocycles. The first kappa shape index (κ1) is 11.7. The summed E-state index contributed by atoms with van der Waals surface area (Å²) in [6.07, 6.45) is 0. The lowest BCUT2D eigenvalue weighted by molar-refractivity contribution is 0.474. The molecule has 2 nitrogen and oxygen atoms in total. The summed E-state index contributed by atoms with van der Waals surface area (Å²) in [5.74, 6) is 0.320. The van der Waals surface area contributed by atoms with Crippen LogP contribution < -0.4 is 5.32 Å². The number of phenolic OH excluding ortho intramolecular Hbond substituents is 1. The highest BCUT2D eigenvalue weighted by Crippen LogP contribution is 2.11.